The smallest absolute Gasteiger partial charge is 0.254 e. The van der Waals surface area contributed by atoms with Crippen molar-refractivity contribution in [2.75, 3.05) is 0 Å². The largest absolute Gasteiger partial charge is 0.333 e. The van der Waals surface area contributed by atoms with Gasteiger partial charge in [0.15, 0.2) is 0 Å². The van der Waals surface area contributed by atoms with Crippen molar-refractivity contribution in [1.29, 1.82) is 0 Å². The van der Waals surface area contributed by atoms with Gasteiger partial charge in [0, 0.05) is 17.6 Å². The first-order valence-electron chi connectivity index (χ1n) is 9.42. The van der Waals surface area contributed by atoms with E-state index in [4.69, 9.17) is 0 Å². The molecule has 0 radical (unpaired) electrons. The van der Waals surface area contributed by atoms with Crippen molar-refractivity contribution in [1.82, 2.24) is 25.1 Å². The highest BCUT2D eigenvalue weighted by molar-refractivity contribution is 5.95. The van der Waals surface area contributed by atoms with Crippen molar-refractivity contribution in [3.63, 3.8) is 0 Å². The topological polar surface area (TPSA) is 63.9 Å². The lowest BCUT2D eigenvalue weighted by Gasteiger charge is -2.37. The summed E-state index contributed by atoms with van der Waals surface area (Å²) in [5.41, 5.74) is 1.55. The lowest BCUT2D eigenvalue weighted by Crippen LogP contribution is -2.43. The van der Waals surface area contributed by atoms with Crippen molar-refractivity contribution >= 4 is 5.91 Å². The molecule has 6 nitrogen and oxygen atoms in total. The van der Waals surface area contributed by atoms with Crippen molar-refractivity contribution in [2.45, 2.75) is 64.0 Å². The van der Waals surface area contributed by atoms with Crippen LogP contribution < -0.4 is 0 Å². The highest BCUT2D eigenvalue weighted by Crippen LogP contribution is 2.37. The number of benzene rings is 1. The minimum atomic E-state index is 0.164. The van der Waals surface area contributed by atoms with E-state index in [0.717, 1.165) is 42.9 Å². The molecule has 2 fully saturated rings. The van der Waals surface area contributed by atoms with Gasteiger partial charge in [0.05, 0.1) is 5.69 Å². The molecule has 1 heterocycles. The fraction of sp³-hybridized carbons (Fsp3) is 0.579. The molecule has 2 aromatic rings. The van der Waals surface area contributed by atoms with E-state index >= 15 is 0 Å². The van der Waals surface area contributed by atoms with Crippen LogP contribution in [0.2, 0.25) is 0 Å². The number of hydrogen-bond donors (Lipinski definition) is 0. The number of rotatable bonds is 5. The Hall–Kier alpha value is -2.24. The quantitative estimate of drug-likeness (QED) is 0.839. The fourth-order valence-corrected chi connectivity index (χ4v) is 4.02. The molecule has 0 saturated heterocycles. The van der Waals surface area contributed by atoms with E-state index < -0.39 is 0 Å². The van der Waals surface area contributed by atoms with Crippen molar-refractivity contribution in [2.24, 2.45) is 5.92 Å². The molecule has 0 bridgehead atoms. The monoisotopic (exact) mass is 339 g/mol. The van der Waals surface area contributed by atoms with Crippen LogP contribution in [0.1, 0.15) is 62.2 Å². The van der Waals surface area contributed by atoms with E-state index in [1.807, 2.05) is 24.3 Å². The Labute approximate surface area is 148 Å². The molecular formula is C19H25N5O. The predicted octanol–water partition coefficient (Wildman–Crippen LogP) is 3.24. The predicted molar refractivity (Wildman–Crippen MR) is 94.4 cm³/mol. The number of aromatic nitrogens is 4. The lowest BCUT2D eigenvalue weighted by atomic mass is 9.83. The summed E-state index contributed by atoms with van der Waals surface area (Å²) in [6.07, 6.45) is 9.90. The molecule has 132 valence electrons. The number of amides is 1. The van der Waals surface area contributed by atoms with Crippen LogP contribution in [0.15, 0.2) is 30.6 Å². The molecule has 1 aromatic heterocycles. The standard InChI is InChI=1S/C19H25N5O/c1-2-14-6-8-16(9-7-14)24(17-10-11-17)19(25)15-4-3-5-18(12-15)23-13-20-21-22-23/h3-5,12-14,16-17H,2,6-11H2,1H3. The van der Waals surface area contributed by atoms with Gasteiger partial charge in [0.2, 0.25) is 0 Å². The summed E-state index contributed by atoms with van der Waals surface area (Å²) in [6, 6.07) is 8.46. The van der Waals surface area contributed by atoms with Gasteiger partial charge in [-0.25, -0.2) is 4.68 Å². The van der Waals surface area contributed by atoms with Gasteiger partial charge >= 0.3 is 0 Å². The first-order chi connectivity index (χ1) is 12.3. The molecule has 0 aliphatic heterocycles. The van der Waals surface area contributed by atoms with Crippen LogP contribution >= 0.6 is 0 Å². The highest BCUT2D eigenvalue weighted by Gasteiger charge is 2.39. The van der Waals surface area contributed by atoms with Gasteiger partial charge in [0.25, 0.3) is 5.91 Å². The van der Waals surface area contributed by atoms with Gasteiger partial charge in [-0.2, -0.15) is 0 Å². The Morgan fingerprint density at radius 3 is 2.48 bits per heavy atom. The normalized spacial score (nSPS) is 23.4. The maximum Gasteiger partial charge on any atom is 0.254 e. The van der Waals surface area contributed by atoms with E-state index in [0.29, 0.717) is 12.1 Å². The molecule has 1 amide bonds. The summed E-state index contributed by atoms with van der Waals surface area (Å²) in [5.74, 6) is 1.01. The number of hydrogen-bond acceptors (Lipinski definition) is 4. The van der Waals surface area contributed by atoms with E-state index in [-0.39, 0.29) is 5.91 Å². The maximum atomic E-state index is 13.3. The highest BCUT2D eigenvalue weighted by atomic mass is 16.2. The van der Waals surface area contributed by atoms with Crippen molar-refractivity contribution in [3.05, 3.63) is 36.2 Å². The van der Waals surface area contributed by atoms with Crippen LogP contribution in [-0.4, -0.2) is 43.1 Å². The molecule has 2 saturated carbocycles. The van der Waals surface area contributed by atoms with E-state index in [2.05, 4.69) is 27.3 Å². The Kier molecular flexibility index (Phi) is 4.51. The molecule has 2 aliphatic carbocycles. The maximum absolute atomic E-state index is 13.3. The molecule has 1 aromatic carbocycles. The fourth-order valence-electron chi connectivity index (χ4n) is 4.02. The molecule has 2 aliphatic rings. The van der Waals surface area contributed by atoms with Crippen LogP contribution in [0.3, 0.4) is 0 Å². The molecular weight excluding hydrogens is 314 g/mol. The minimum absolute atomic E-state index is 0.164. The zero-order valence-corrected chi connectivity index (χ0v) is 14.7. The number of tetrazole rings is 1. The van der Waals surface area contributed by atoms with Crippen molar-refractivity contribution < 1.29 is 4.79 Å². The molecule has 0 unspecified atom stereocenters. The van der Waals surface area contributed by atoms with Gasteiger partial charge in [0.1, 0.15) is 6.33 Å². The second-order valence-corrected chi connectivity index (χ2v) is 7.33. The third-order valence-electron chi connectivity index (χ3n) is 5.67. The lowest BCUT2D eigenvalue weighted by molar-refractivity contribution is 0.0587. The summed E-state index contributed by atoms with van der Waals surface area (Å²) < 4.78 is 1.59. The Bertz CT molecular complexity index is 717. The molecule has 0 N–H and O–H groups in total. The van der Waals surface area contributed by atoms with Gasteiger partial charge < -0.3 is 4.90 Å². The van der Waals surface area contributed by atoms with E-state index in [1.54, 1.807) is 11.0 Å². The molecule has 6 heteroatoms. The third-order valence-corrected chi connectivity index (χ3v) is 5.67. The molecule has 0 atom stereocenters. The average molecular weight is 339 g/mol. The number of carbonyl (C=O) groups is 1. The summed E-state index contributed by atoms with van der Waals surface area (Å²) in [5, 5.41) is 11.3. The number of carbonyl (C=O) groups excluding carboxylic acids is 1. The summed E-state index contributed by atoms with van der Waals surface area (Å²) in [4.78, 5) is 15.4. The molecule has 25 heavy (non-hydrogen) atoms. The zero-order chi connectivity index (χ0) is 17.2. The first-order valence-corrected chi connectivity index (χ1v) is 9.42. The molecule has 4 rings (SSSR count). The summed E-state index contributed by atoms with van der Waals surface area (Å²) in [6.45, 7) is 2.28. The summed E-state index contributed by atoms with van der Waals surface area (Å²) >= 11 is 0. The van der Waals surface area contributed by atoms with Gasteiger partial charge in [-0.3, -0.25) is 4.79 Å². The zero-order valence-electron chi connectivity index (χ0n) is 14.7. The van der Waals surface area contributed by atoms with Gasteiger partial charge in [-0.15, -0.1) is 5.10 Å². The third kappa shape index (κ3) is 3.43. The second kappa shape index (κ2) is 6.94. The second-order valence-electron chi connectivity index (χ2n) is 7.33. The Balaban J connectivity index is 1.54. The number of nitrogens with zero attached hydrogens (tertiary/aromatic N) is 5. The van der Waals surface area contributed by atoms with Crippen LogP contribution in [0.4, 0.5) is 0 Å². The van der Waals surface area contributed by atoms with Gasteiger partial charge in [-0.1, -0.05) is 19.4 Å². The van der Waals surface area contributed by atoms with Crippen LogP contribution in [0.25, 0.3) is 5.69 Å². The average Bonchev–Trinajstić information content (AvgIpc) is 3.34. The minimum Gasteiger partial charge on any atom is -0.333 e. The first kappa shape index (κ1) is 16.2. The van der Waals surface area contributed by atoms with Gasteiger partial charge in [-0.05, 0) is 73.1 Å². The summed E-state index contributed by atoms with van der Waals surface area (Å²) in [7, 11) is 0. The molecule has 0 spiro atoms. The Morgan fingerprint density at radius 1 is 1.16 bits per heavy atom. The van der Waals surface area contributed by atoms with E-state index in [1.165, 1.54) is 19.3 Å². The SMILES string of the molecule is CCC1CCC(N(C(=O)c2cccc(-n3cnnn3)c2)C2CC2)CC1. The Morgan fingerprint density at radius 2 is 1.88 bits per heavy atom. The van der Waals surface area contributed by atoms with Crippen LogP contribution in [0.5, 0.6) is 0 Å². The van der Waals surface area contributed by atoms with E-state index in [9.17, 15) is 4.79 Å². The van der Waals surface area contributed by atoms with Crippen LogP contribution in [0, 0.1) is 5.92 Å². The van der Waals surface area contributed by atoms with Crippen LogP contribution in [-0.2, 0) is 0 Å². The van der Waals surface area contributed by atoms with Crippen molar-refractivity contribution in [3.8, 4) is 5.69 Å².